The number of likely N-dealkylation sites (tertiary alicyclic amines) is 1. The van der Waals surface area contributed by atoms with Crippen LogP contribution in [-0.4, -0.2) is 61.8 Å². The van der Waals surface area contributed by atoms with Crippen LogP contribution in [0.15, 0.2) is 65.3 Å². The normalized spacial score (nSPS) is 14.0. The van der Waals surface area contributed by atoms with Crippen molar-refractivity contribution in [2.45, 2.75) is 19.6 Å². The molecule has 0 atom stereocenters. The Morgan fingerprint density at radius 2 is 1.94 bits per heavy atom. The van der Waals surface area contributed by atoms with Crippen molar-refractivity contribution in [2.75, 3.05) is 25.0 Å². The van der Waals surface area contributed by atoms with Gasteiger partial charge >= 0.3 is 6.16 Å². The number of nitrogens with one attached hydrogen (secondary N) is 1. The first-order chi connectivity index (χ1) is 16.6. The first-order valence-electron chi connectivity index (χ1n) is 11.0. The molecule has 0 aliphatic carbocycles. The van der Waals surface area contributed by atoms with Gasteiger partial charge in [-0.05, 0) is 24.6 Å². The van der Waals surface area contributed by atoms with Crippen LogP contribution in [0.3, 0.4) is 0 Å². The fourth-order valence-corrected chi connectivity index (χ4v) is 3.94. The predicted molar refractivity (Wildman–Crippen MR) is 125 cm³/mol. The van der Waals surface area contributed by atoms with Gasteiger partial charge in [-0.2, -0.15) is 10.1 Å². The SMILES string of the molecule is CCNc1c(-c2nc(-c3ccc(CN4CC(OC(=O)O)C4)cc3)no2)cnn1-c1ccccc1. The summed E-state index contributed by atoms with van der Waals surface area (Å²) in [5.41, 5.74) is 3.62. The third kappa shape index (κ3) is 4.48. The Kier molecular flexibility index (Phi) is 5.96. The second-order valence-electron chi connectivity index (χ2n) is 8.00. The second-order valence-corrected chi connectivity index (χ2v) is 8.00. The maximum absolute atomic E-state index is 10.6. The summed E-state index contributed by atoms with van der Waals surface area (Å²) in [5, 5.41) is 20.7. The van der Waals surface area contributed by atoms with E-state index < -0.39 is 6.16 Å². The molecule has 2 aromatic heterocycles. The maximum Gasteiger partial charge on any atom is 0.506 e. The Morgan fingerprint density at radius 3 is 2.65 bits per heavy atom. The number of rotatable bonds is 8. The number of ether oxygens (including phenoxy) is 1. The van der Waals surface area contributed by atoms with E-state index >= 15 is 0 Å². The van der Waals surface area contributed by atoms with Crippen LogP contribution in [0.1, 0.15) is 12.5 Å². The Labute approximate surface area is 195 Å². The van der Waals surface area contributed by atoms with Gasteiger partial charge in [-0.25, -0.2) is 9.48 Å². The summed E-state index contributed by atoms with van der Waals surface area (Å²) in [6.45, 7) is 4.67. The van der Waals surface area contributed by atoms with Crippen molar-refractivity contribution >= 4 is 12.0 Å². The zero-order chi connectivity index (χ0) is 23.5. The number of nitrogens with zero attached hydrogens (tertiary/aromatic N) is 5. The van der Waals surface area contributed by atoms with Crippen LogP contribution in [-0.2, 0) is 11.3 Å². The number of aromatic nitrogens is 4. The van der Waals surface area contributed by atoms with E-state index in [2.05, 4.69) is 25.5 Å². The summed E-state index contributed by atoms with van der Waals surface area (Å²) in [6, 6.07) is 17.8. The lowest BCUT2D eigenvalue weighted by molar-refractivity contribution is -0.0363. The van der Waals surface area contributed by atoms with Crippen molar-refractivity contribution in [3.8, 4) is 28.5 Å². The van der Waals surface area contributed by atoms with Gasteiger partial charge in [0.15, 0.2) is 0 Å². The molecule has 1 saturated heterocycles. The number of anilines is 1. The topological polar surface area (TPSA) is 119 Å². The number of hydrogen-bond donors (Lipinski definition) is 2. The summed E-state index contributed by atoms with van der Waals surface area (Å²) in [7, 11) is 0. The zero-order valence-corrected chi connectivity index (χ0v) is 18.6. The number of benzene rings is 2. The van der Waals surface area contributed by atoms with Gasteiger partial charge in [0.1, 0.15) is 17.5 Å². The molecule has 5 rings (SSSR count). The van der Waals surface area contributed by atoms with Gasteiger partial charge < -0.3 is 19.7 Å². The predicted octanol–water partition coefficient (Wildman–Crippen LogP) is 3.90. The van der Waals surface area contributed by atoms with E-state index in [1.54, 1.807) is 6.20 Å². The molecule has 174 valence electrons. The highest BCUT2D eigenvalue weighted by atomic mass is 16.7. The lowest BCUT2D eigenvalue weighted by Crippen LogP contribution is -2.52. The van der Waals surface area contributed by atoms with Gasteiger partial charge in [0.05, 0.1) is 11.9 Å². The number of carboxylic acid groups (broad SMARTS) is 1. The first kappa shape index (κ1) is 21.7. The monoisotopic (exact) mass is 460 g/mol. The Hall–Kier alpha value is -4.18. The molecule has 0 spiro atoms. The highest BCUT2D eigenvalue weighted by molar-refractivity contribution is 5.72. The standard InChI is InChI=1S/C24H24N6O4/c1-2-25-22-20(12-26-30(22)18-6-4-3-5-7-18)23-27-21(28-34-23)17-10-8-16(9-11-17)13-29-14-19(15-29)33-24(31)32/h3-12,19,25H,2,13-15H2,1H3,(H,31,32). The summed E-state index contributed by atoms with van der Waals surface area (Å²) in [5.74, 6) is 1.68. The fourth-order valence-electron chi connectivity index (χ4n) is 3.94. The average Bonchev–Trinajstić information content (AvgIpc) is 3.46. The number of para-hydroxylation sites is 1. The summed E-state index contributed by atoms with van der Waals surface area (Å²) in [4.78, 5) is 17.3. The number of carbonyl (C=O) groups is 1. The summed E-state index contributed by atoms with van der Waals surface area (Å²) in [6.07, 6.45) is 0.256. The van der Waals surface area contributed by atoms with Crippen LogP contribution in [0.5, 0.6) is 0 Å². The van der Waals surface area contributed by atoms with Gasteiger partial charge in [0, 0.05) is 31.7 Å². The van der Waals surface area contributed by atoms with Crippen LogP contribution in [0.25, 0.3) is 28.5 Å². The highest BCUT2D eigenvalue weighted by Gasteiger charge is 2.29. The van der Waals surface area contributed by atoms with Gasteiger partial charge in [0.2, 0.25) is 5.82 Å². The van der Waals surface area contributed by atoms with E-state index in [1.165, 1.54) is 0 Å². The molecule has 10 heteroatoms. The molecule has 2 aromatic carbocycles. The third-order valence-corrected chi connectivity index (χ3v) is 5.58. The molecule has 0 amide bonds. The van der Waals surface area contributed by atoms with E-state index in [4.69, 9.17) is 14.4 Å². The minimum absolute atomic E-state index is 0.243. The molecule has 1 fully saturated rings. The van der Waals surface area contributed by atoms with Crippen molar-refractivity contribution < 1.29 is 19.2 Å². The van der Waals surface area contributed by atoms with Gasteiger partial charge in [0.25, 0.3) is 5.89 Å². The molecule has 34 heavy (non-hydrogen) atoms. The van der Waals surface area contributed by atoms with Crippen LogP contribution in [0.2, 0.25) is 0 Å². The largest absolute Gasteiger partial charge is 0.506 e. The molecule has 2 N–H and O–H groups in total. The zero-order valence-electron chi connectivity index (χ0n) is 18.6. The minimum Gasteiger partial charge on any atom is -0.450 e. The van der Waals surface area contributed by atoms with Crippen LogP contribution in [0.4, 0.5) is 10.6 Å². The quantitative estimate of drug-likeness (QED) is 0.377. The highest BCUT2D eigenvalue weighted by Crippen LogP contribution is 2.30. The van der Waals surface area contributed by atoms with Crippen molar-refractivity contribution in [3.05, 3.63) is 66.4 Å². The van der Waals surface area contributed by atoms with Gasteiger partial charge in [-0.3, -0.25) is 4.90 Å². The van der Waals surface area contributed by atoms with Crippen molar-refractivity contribution in [2.24, 2.45) is 0 Å². The minimum atomic E-state index is -1.22. The number of hydrogen-bond acceptors (Lipinski definition) is 8. The lowest BCUT2D eigenvalue weighted by Gasteiger charge is -2.37. The van der Waals surface area contributed by atoms with Gasteiger partial charge in [-0.1, -0.05) is 47.6 Å². The smallest absolute Gasteiger partial charge is 0.450 e. The van der Waals surface area contributed by atoms with Gasteiger partial charge in [-0.15, -0.1) is 0 Å². The molecule has 1 aliphatic rings. The van der Waals surface area contributed by atoms with E-state index in [0.29, 0.717) is 31.3 Å². The summed E-state index contributed by atoms with van der Waals surface area (Å²) < 4.78 is 12.2. The van der Waals surface area contributed by atoms with Crippen molar-refractivity contribution in [1.82, 2.24) is 24.8 Å². The second kappa shape index (κ2) is 9.36. The fraction of sp³-hybridized carbons (Fsp3) is 0.250. The van der Waals surface area contributed by atoms with Crippen LogP contribution < -0.4 is 5.32 Å². The Bertz CT molecular complexity index is 1260. The molecule has 4 aromatic rings. The van der Waals surface area contributed by atoms with E-state index in [1.807, 2.05) is 66.2 Å². The van der Waals surface area contributed by atoms with Crippen molar-refractivity contribution in [3.63, 3.8) is 0 Å². The summed E-state index contributed by atoms with van der Waals surface area (Å²) >= 11 is 0. The molecule has 0 unspecified atom stereocenters. The Balaban J connectivity index is 1.30. The van der Waals surface area contributed by atoms with E-state index in [-0.39, 0.29) is 6.10 Å². The molecule has 0 radical (unpaired) electrons. The van der Waals surface area contributed by atoms with Crippen LogP contribution >= 0.6 is 0 Å². The molecule has 0 saturated carbocycles. The molecule has 3 heterocycles. The van der Waals surface area contributed by atoms with Crippen LogP contribution in [0, 0.1) is 0 Å². The molecule has 1 aliphatic heterocycles. The maximum atomic E-state index is 10.6. The van der Waals surface area contributed by atoms with E-state index in [0.717, 1.165) is 34.7 Å². The van der Waals surface area contributed by atoms with E-state index in [9.17, 15) is 4.79 Å². The molecular formula is C24H24N6O4. The third-order valence-electron chi connectivity index (χ3n) is 5.58. The molecular weight excluding hydrogens is 436 g/mol. The molecule has 0 bridgehead atoms. The molecule has 10 nitrogen and oxygen atoms in total. The Morgan fingerprint density at radius 1 is 1.18 bits per heavy atom. The lowest BCUT2D eigenvalue weighted by atomic mass is 10.1. The first-order valence-corrected chi connectivity index (χ1v) is 11.0. The van der Waals surface area contributed by atoms with Crippen molar-refractivity contribution in [1.29, 1.82) is 0 Å². The average molecular weight is 460 g/mol.